The molecule has 0 unspecified atom stereocenters. The van der Waals surface area contributed by atoms with Crippen molar-refractivity contribution in [3.8, 4) is 0 Å². The third kappa shape index (κ3) is 4.94. The Hall–Kier alpha value is -2.23. The molecule has 0 bridgehead atoms. The Morgan fingerprint density at radius 3 is 2.70 bits per heavy atom. The summed E-state index contributed by atoms with van der Waals surface area (Å²) in [7, 11) is -2.10. The molecule has 27 heavy (non-hydrogen) atoms. The van der Waals surface area contributed by atoms with Crippen molar-refractivity contribution in [3.05, 3.63) is 47.8 Å². The van der Waals surface area contributed by atoms with Crippen LogP contribution in [0.4, 0.5) is 0 Å². The maximum absolute atomic E-state index is 12.7. The second-order valence-electron chi connectivity index (χ2n) is 6.48. The number of rotatable bonds is 8. The van der Waals surface area contributed by atoms with E-state index in [1.165, 1.54) is 7.11 Å². The van der Waals surface area contributed by atoms with Crippen LogP contribution in [0.25, 0.3) is 0 Å². The van der Waals surface area contributed by atoms with E-state index in [1.54, 1.807) is 10.8 Å². The molecule has 1 aromatic carbocycles. The van der Waals surface area contributed by atoms with Gasteiger partial charge in [-0.25, -0.2) is 13.4 Å². The quantitative estimate of drug-likeness (QED) is 0.694. The van der Waals surface area contributed by atoms with Crippen molar-refractivity contribution in [1.29, 1.82) is 0 Å². The van der Waals surface area contributed by atoms with E-state index < -0.39 is 9.84 Å². The van der Waals surface area contributed by atoms with Crippen LogP contribution in [-0.4, -0.2) is 67.9 Å². The number of hydrogen-bond acceptors (Lipinski definition) is 6. The summed E-state index contributed by atoms with van der Waals surface area (Å²) < 4.78 is 32.1. The van der Waals surface area contributed by atoms with Crippen LogP contribution in [0.1, 0.15) is 11.3 Å². The maximum atomic E-state index is 12.7. The van der Waals surface area contributed by atoms with Gasteiger partial charge in [-0.1, -0.05) is 30.3 Å². The molecule has 1 N–H and O–H groups in total. The lowest BCUT2D eigenvalue weighted by Crippen LogP contribution is -2.47. The summed E-state index contributed by atoms with van der Waals surface area (Å²) in [5.74, 6) is -0.149. The first-order chi connectivity index (χ1) is 13.0. The average molecular weight is 392 g/mol. The van der Waals surface area contributed by atoms with Gasteiger partial charge in [0.05, 0.1) is 37.3 Å². The summed E-state index contributed by atoms with van der Waals surface area (Å²) in [5, 5.41) is 2.83. The van der Waals surface area contributed by atoms with Gasteiger partial charge in [0.25, 0.3) is 0 Å². The molecule has 0 spiro atoms. The molecule has 3 rings (SSSR count). The van der Waals surface area contributed by atoms with E-state index in [2.05, 4.69) is 10.3 Å². The van der Waals surface area contributed by atoms with Crippen LogP contribution in [0.5, 0.6) is 0 Å². The number of hydrogen-bond donors (Lipinski definition) is 1. The van der Waals surface area contributed by atoms with E-state index >= 15 is 0 Å². The second-order valence-corrected chi connectivity index (χ2v) is 8.48. The summed E-state index contributed by atoms with van der Waals surface area (Å²) in [6.07, 6.45) is 1.59. The van der Waals surface area contributed by atoms with Gasteiger partial charge in [0, 0.05) is 26.7 Å². The number of carbonyl (C=O) groups excluding carboxylic acids is 1. The normalized spacial score (nSPS) is 15.7. The Bertz CT molecular complexity index is 880. The van der Waals surface area contributed by atoms with Gasteiger partial charge in [-0.15, -0.1) is 0 Å². The Morgan fingerprint density at radius 1 is 1.22 bits per heavy atom. The molecule has 8 nitrogen and oxygen atoms in total. The first-order valence-corrected chi connectivity index (χ1v) is 10.4. The highest BCUT2D eigenvalue weighted by molar-refractivity contribution is 7.91. The van der Waals surface area contributed by atoms with Gasteiger partial charge < -0.3 is 14.6 Å². The van der Waals surface area contributed by atoms with Gasteiger partial charge in [0.15, 0.2) is 0 Å². The topological polar surface area (TPSA) is 93.5 Å². The van der Waals surface area contributed by atoms with E-state index in [0.29, 0.717) is 32.7 Å². The van der Waals surface area contributed by atoms with Crippen molar-refractivity contribution >= 4 is 15.7 Å². The lowest BCUT2D eigenvalue weighted by Gasteiger charge is -2.26. The van der Waals surface area contributed by atoms with Crippen molar-refractivity contribution in [2.75, 3.05) is 39.1 Å². The zero-order chi connectivity index (χ0) is 19.3. The smallest absolute Gasteiger partial charge is 0.234 e. The molecule has 1 fully saturated rings. The number of benzene rings is 1. The number of sulfone groups is 1. The van der Waals surface area contributed by atoms with Gasteiger partial charge in [-0.05, 0) is 5.56 Å². The molecule has 1 aliphatic rings. The molecule has 0 aliphatic carbocycles. The molecule has 2 aromatic rings. The van der Waals surface area contributed by atoms with E-state index in [4.69, 9.17) is 4.74 Å². The van der Waals surface area contributed by atoms with Gasteiger partial charge in [0.1, 0.15) is 0 Å². The van der Waals surface area contributed by atoms with Crippen molar-refractivity contribution < 1.29 is 17.9 Å². The Balaban J connectivity index is 1.91. The fourth-order valence-electron chi connectivity index (χ4n) is 3.04. The Labute approximate surface area is 159 Å². The summed E-state index contributed by atoms with van der Waals surface area (Å²) in [5.41, 5.74) is 1.75. The van der Waals surface area contributed by atoms with E-state index in [9.17, 15) is 13.2 Å². The van der Waals surface area contributed by atoms with Crippen LogP contribution in [-0.2, 0) is 32.5 Å². The highest BCUT2D eigenvalue weighted by atomic mass is 32.2. The van der Waals surface area contributed by atoms with E-state index in [1.807, 2.05) is 35.2 Å². The molecule has 1 amide bonds. The number of imidazole rings is 1. The van der Waals surface area contributed by atoms with Crippen LogP contribution in [0.15, 0.2) is 41.7 Å². The fourth-order valence-corrected chi connectivity index (χ4v) is 4.34. The number of nitrogens with one attached hydrogen (secondary N) is 1. The number of methoxy groups -OCH3 is 1. The molecular weight excluding hydrogens is 368 g/mol. The average Bonchev–Trinajstić information content (AvgIpc) is 3.04. The minimum atomic E-state index is -3.57. The minimum absolute atomic E-state index is 0.0247. The van der Waals surface area contributed by atoms with Crippen LogP contribution in [0.3, 0.4) is 0 Å². The zero-order valence-electron chi connectivity index (χ0n) is 15.3. The number of piperazine rings is 1. The van der Waals surface area contributed by atoms with Crippen LogP contribution < -0.4 is 5.32 Å². The van der Waals surface area contributed by atoms with Crippen molar-refractivity contribution in [2.24, 2.45) is 0 Å². The van der Waals surface area contributed by atoms with Gasteiger partial charge in [0.2, 0.25) is 20.9 Å². The fraction of sp³-hybridized carbons (Fsp3) is 0.444. The molecule has 146 valence electrons. The Morgan fingerprint density at radius 2 is 2.00 bits per heavy atom. The van der Waals surface area contributed by atoms with E-state index in [-0.39, 0.29) is 23.4 Å². The number of ether oxygens (including phenoxy) is 1. The second kappa shape index (κ2) is 8.64. The molecule has 1 saturated heterocycles. The molecule has 1 aliphatic heterocycles. The summed E-state index contributed by atoms with van der Waals surface area (Å²) >= 11 is 0. The summed E-state index contributed by atoms with van der Waals surface area (Å²) in [6.45, 7) is 2.58. The van der Waals surface area contributed by atoms with Crippen molar-refractivity contribution in [3.63, 3.8) is 0 Å². The van der Waals surface area contributed by atoms with Gasteiger partial charge >= 0.3 is 0 Å². The number of carbonyl (C=O) groups is 1. The predicted molar refractivity (Wildman–Crippen MR) is 100.0 cm³/mol. The van der Waals surface area contributed by atoms with Crippen molar-refractivity contribution in [1.82, 2.24) is 19.8 Å². The first kappa shape index (κ1) is 19.5. The molecule has 0 radical (unpaired) electrons. The van der Waals surface area contributed by atoms with Crippen LogP contribution in [0.2, 0.25) is 0 Å². The molecule has 1 aromatic heterocycles. The monoisotopic (exact) mass is 392 g/mol. The molecule has 2 heterocycles. The van der Waals surface area contributed by atoms with Gasteiger partial charge in [-0.3, -0.25) is 9.69 Å². The molecule has 0 atom stereocenters. The third-order valence-corrected chi connectivity index (χ3v) is 6.01. The van der Waals surface area contributed by atoms with E-state index in [0.717, 1.165) is 11.3 Å². The molecular formula is C18H24N4O4S. The molecule has 0 saturated carbocycles. The van der Waals surface area contributed by atoms with Gasteiger partial charge in [-0.2, -0.15) is 0 Å². The SMILES string of the molecule is COCCS(=O)(=O)c1ncc(CN2CCNC(=O)C2)n1Cc1ccccc1. The van der Waals surface area contributed by atoms with Crippen LogP contribution >= 0.6 is 0 Å². The third-order valence-electron chi connectivity index (χ3n) is 4.42. The standard InChI is InChI=1S/C18H24N4O4S/c1-26-9-10-27(24,25)18-20-11-16(13-21-8-7-19-17(23)14-21)22(18)12-15-5-3-2-4-6-15/h2-6,11H,7-10,12-14H2,1H3,(H,19,23). The zero-order valence-corrected chi connectivity index (χ0v) is 16.1. The summed E-state index contributed by atoms with van der Waals surface area (Å²) in [4.78, 5) is 17.8. The predicted octanol–water partition coefficient (Wildman–Crippen LogP) is 0.283. The Kier molecular flexibility index (Phi) is 6.25. The maximum Gasteiger partial charge on any atom is 0.234 e. The minimum Gasteiger partial charge on any atom is -0.384 e. The number of amides is 1. The highest BCUT2D eigenvalue weighted by Crippen LogP contribution is 2.18. The summed E-state index contributed by atoms with van der Waals surface area (Å²) in [6, 6.07) is 9.65. The molecule has 9 heteroatoms. The lowest BCUT2D eigenvalue weighted by molar-refractivity contribution is -0.124. The van der Waals surface area contributed by atoms with Crippen LogP contribution in [0, 0.1) is 0 Å². The largest absolute Gasteiger partial charge is 0.384 e. The number of nitrogens with zero attached hydrogens (tertiary/aromatic N) is 3. The van der Waals surface area contributed by atoms with Crippen molar-refractivity contribution in [2.45, 2.75) is 18.2 Å². The first-order valence-electron chi connectivity index (χ1n) is 8.78. The lowest BCUT2D eigenvalue weighted by atomic mass is 10.2. The highest BCUT2D eigenvalue weighted by Gasteiger charge is 2.25. The number of aromatic nitrogens is 2.